The number of ether oxygens (including phenoxy) is 5. The van der Waals surface area contributed by atoms with Crippen LogP contribution < -0.4 is 18.9 Å². The quantitative estimate of drug-likeness (QED) is 0.544. The van der Waals surface area contributed by atoms with Gasteiger partial charge in [-0.15, -0.1) is 0 Å². The first-order chi connectivity index (χ1) is 13.9. The molecular formula is C22H22O7. The van der Waals surface area contributed by atoms with Gasteiger partial charge in [0.2, 0.25) is 5.78 Å². The highest BCUT2D eigenvalue weighted by Crippen LogP contribution is 2.40. The fourth-order valence-corrected chi connectivity index (χ4v) is 2.99. The minimum atomic E-state index is -0.782. The zero-order chi connectivity index (χ0) is 21.1. The number of hydrogen-bond acceptors (Lipinski definition) is 7. The fraction of sp³-hybridized carbons (Fsp3) is 0.273. The lowest BCUT2D eigenvalue weighted by Gasteiger charge is -2.15. The molecule has 0 saturated heterocycles. The summed E-state index contributed by atoms with van der Waals surface area (Å²) in [4.78, 5) is 24.4. The maximum atomic E-state index is 12.8. The first kappa shape index (κ1) is 20.3. The molecule has 0 amide bonds. The van der Waals surface area contributed by atoms with Crippen molar-refractivity contribution in [2.24, 2.45) is 0 Å². The van der Waals surface area contributed by atoms with Crippen molar-refractivity contribution >= 4 is 17.8 Å². The molecule has 1 heterocycles. The van der Waals surface area contributed by atoms with Gasteiger partial charge >= 0.3 is 5.97 Å². The van der Waals surface area contributed by atoms with Gasteiger partial charge in [-0.05, 0) is 49.8 Å². The Balaban J connectivity index is 1.90. The molecular weight excluding hydrogens is 376 g/mol. The molecule has 0 N–H and O–H groups in total. The van der Waals surface area contributed by atoms with E-state index in [1.165, 1.54) is 7.11 Å². The SMILES string of the molecule is COC(=O)C(C)Oc1ccc2c(c1C)O/C(=C\c1ccc(OC)c(OC)c1)C2=O. The van der Waals surface area contributed by atoms with Crippen molar-refractivity contribution in [1.29, 1.82) is 0 Å². The zero-order valence-electron chi connectivity index (χ0n) is 16.9. The van der Waals surface area contributed by atoms with Crippen molar-refractivity contribution in [1.82, 2.24) is 0 Å². The third-order valence-electron chi connectivity index (χ3n) is 4.58. The largest absolute Gasteiger partial charge is 0.493 e. The topological polar surface area (TPSA) is 80.3 Å². The summed E-state index contributed by atoms with van der Waals surface area (Å²) in [7, 11) is 4.40. The Morgan fingerprint density at radius 3 is 2.38 bits per heavy atom. The van der Waals surface area contributed by atoms with Crippen LogP contribution in [0.25, 0.3) is 6.08 Å². The lowest BCUT2D eigenvalue weighted by molar-refractivity contribution is -0.147. The predicted octanol–water partition coefficient (Wildman–Crippen LogP) is 3.57. The summed E-state index contributed by atoms with van der Waals surface area (Å²) < 4.78 is 26.7. The summed E-state index contributed by atoms with van der Waals surface area (Å²) in [6, 6.07) is 8.58. The summed E-state index contributed by atoms with van der Waals surface area (Å²) in [5.41, 5.74) is 1.79. The van der Waals surface area contributed by atoms with Crippen LogP contribution in [0.2, 0.25) is 0 Å². The summed E-state index contributed by atoms with van der Waals surface area (Å²) in [5.74, 6) is 1.47. The molecule has 1 atom stereocenters. The number of allylic oxidation sites excluding steroid dienone is 1. The van der Waals surface area contributed by atoms with Crippen molar-refractivity contribution in [3.8, 4) is 23.0 Å². The van der Waals surface area contributed by atoms with E-state index >= 15 is 0 Å². The van der Waals surface area contributed by atoms with Crippen LogP contribution in [0.5, 0.6) is 23.0 Å². The van der Waals surface area contributed by atoms with Crippen LogP contribution in [0.15, 0.2) is 36.1 Å². The Kier molecular flexibility index (Phi) is 5.77. The van der Waals surface area contributed by atoms with Crippen molar-refractivity contribution in [2.75, 3.05) is 21.3 Å². The molecule has 0 aromatic heterocycles. The highest BCUT2D eigenvalue weighted by Gasteiger charge is 2.31. The van der Waals surface area contributed by atoms with E-state index in [0.29, 0.717) is 34.1 Å². The molecule has 0 fully saturated rings. The van der Waals surface area contributed by atoms with E-state index in [9.17, 15) is 9.59 Å². The molecule has 1 unspecified atom stereocenters. The number of esters is 1. The molecule has 7 heteroatoms. The molecule has 2 aromatic rings. The molecule has 0 saturated carbocycles. The van der Waals surface area contributed by atoms with Crippen LogP contribution in [-0.4, -0.2) is 39.2 Å². The summed E-state index contributed by atoms with van der Waals surface area (Å²) >= 11 is 0. The zero-order valence-corrected chi connectivity index (χ0v) is 16.9. The number of benzene rings is 2. The van der Waals surface area contributed by atoms with E-state index in [1.807, 2.05) is 0 Å². The number of rotatable bonds is 6. The van der Waals surface area contributed by atoms with Gasteiger partial charge < -0.3 is 23.7 Å². The number of methoxy groups -OCH3 is 3. The van der Waals surface area contributed by atoms with Gasteiger partial charge in [0.15, 0.2) is 23.4 Å². The highest BCUT2D eigenvalue weighted by atomic mass is 16.6. The minimum absolute atomic E-state index is 0.188. The maximum absolute atomic E-state index is 12.8. The molecule has 2 aromatic carbocycles. The van der Waals surface area contributed by atoms with Gasteiger partial charge in [-0.25, -0.2) is 4.79 Å². The third-order valence-corrected chi connectivity index (χ3v) is 4.58. The van der Waals surface area contributed by atoms with E-state index in [0.717, 1.165) is 5.56 Å². The van der Waals surface area contributed by atoms with Crippen LogP contribution in [0.3, 0.4) is 0 Å². The maximum Gasteiger partial charge on any atom is 0.346 e. The second-order valence-electron chi connectivity index (χ2n) is 6.40. The standard InChI is InChI=1S/C22H22O7/c1-12-16(28-13(2)22(24)27-5)9-7-15-20(23)19(29-21(12)15)11-14-6-8-17(25-3)18(10-14)26-4/h6-11,13H,1-5H3/b19-11-. The van der Waals surface area contributed by atoms with Gasteiger partial charge in [-0.1, -0.05) is 6.07 Å². The molecule has 0 spiro atoms. The van der Waals surface area contributed by atoms with Crippen molar-refractivity contribution < 1.29 is 33.3 Å². The number of carbonyl (C=O) groups is 2. The molecule has 29 heavy (non-hydrogen) atoms. The van der Waals surface area contributed by atoms with E-state index in [1.54, 1.807) is 64.5 Å². The van der Waals surface area contributed by atoms with Crippen LogP contribution in [0, 0.1) is 6.92 Å². The van der Waals surface area contributed by atoms with E-state index in [-0.39, 0.29) is 11.5 Å². The van der Waals surface area contributed by atoms with Crippen molar-refractivity contribution in [2.45, 2.75) is 20.0 Å². The Morgan fingerprint density at radius 2 is 1.72 bits per heavy atom. The van der Waals surface area contributed by atoms with Crippen molar-refractivity contribution in [3.05, 3.63) is 52.8 Å². The van der Waals surface area contributed by atoms with Crippen LogP contribution in [0.1, 0.15) is 28.4 Å². The Hall–Kier alpha value is -3.48. The first-order valence-corrected chi connectivity index (χ1v) is 8.94. The number of Topliss-reactive ketones (excluding diaryl/α,β-unsaturated/α-hetero) is 1. The molecule has 1 aliphatic heterocycles. The van der Waals surface area contributed by atoms with Gasteiger partial charge in [-0.3, -0.25) is 4.79 Å². The minimum Gasteiger partial charge on any atom is -0.493 e. The molecule has 1 aliphatic rings. The number of fused-ring (bicyclic) bond motifs is 1. The third kappa shape index (κ3) is 3.89. The molecule has 0 aliphatic carbocycles. The predicted molar refractivity (Wildman–Crippen MR) is 106 cm³/mol. The second kappa shape index (κ2) is 8.26. The van der Waals surface area contributed by atoms with Crippen molar-refractivity contribution in [3.63, 3.8) is 0 Å². The Labute approximate surface area is 168 Å². The fourth-order valence-electron chi connectivity index (χ4n) is 2.99. The van der Waals surface area contributed by atoms with E-state index in [2.05, 4.69) is 4.74 Å². The monoisotopic (exact) mass is 398 g/mol. The van der Waals surface area contributed by atoms with E-state index in [4.69, 9.17) is 18.9 Å². The smallest absolute Gasteiger partial charge is 0.346 e. The second-order valence-corrected chi connectivity index (χ2v) is 6.40. The normalized spacial score (nSPS) is 14.8. The summed E-state index contributed by atoms with van der Waals surface area (Å²) in [6.07, 6.45) is 0.858. The average Bonchev–Trinajstić information content (AvgIpc) is 3.05. The molecule has 7 nitrogen and oxygen atoms in total. The summed E-state index contributed by atoms with van der Waals surface area (Å²) in [5, 5.41) is 0. The van der Waals surface area contributed by atoms with E-state index < -0.39 is 12.1 Å². The van der Waals surface area contributed by atoms with Gasteiger partial charge in [0, 0.05) is 5.56 Å². The first-order valence-electron chi connectivity index (χ1n) is 8.94. The molecule has 152 valence electrons. The molecule has 0 bridgehead atoms. The van der Waals surface area contributed by atoms with Gasteiger partial charge in [0.05, 0.1) is 26.9 Å². The Bertz CT molecular complexity index is 991. The lowest BCUT2D eigenvalue weighted by Crippen LogP contribution is -2.25. The molecule has 3 rings (SSSR count). The lowest BCUT2D eigenvalue weighted by atomic mass is 10.1. The number of ketones is 1. The van der Waals surface area contributed by atoms with Crippen LogP contribution in [0.4, 0.5) is 0 Å². The molecule has 0 radical (unpaired) electrons. The number of carbonyl (C=O) groups excluding carboxylic acids is 2. The Morgan fingerprint density at radius 1 is 1.03 bits per heavy atom. The van der Waals surface area contributed by atoms with Crippen LogP contribution >= 0.6 is 0 Å². The highest BCUT2D eigenvalue weighted by molar-refractivity contribution is 6.15. The van der Waals surface area contributed by atoms with Gasteiger partial charge in [0.1, 0.15) is 11.5 Å². The van der Waals surface area contributed by atoms with Crippen LogP contribution in [-0.2, 0) is 9.53 Å². The van der Waals surface area contributed by atoms with Gasteiger partial charge in [0.25, 0.3) is 0 Å². The number of hydrogen-bond donors (Lipinski definition) is 0. The summed E-state index contributed by atoms with van der Waals surface area (Å²) in [6.45, 7) is 3.36. The van der Waals surface area contributed by atoms with Gasteiger partial charge in [-0.2, -0.15) is 0 Å². The average molecular weight is 398 g/mol.